The van der Waals surface area contributed by atoms with Gasteiger partial charge in [-0.25, -0.2) is 0 Å². The molecular weight excluding hydrogens is 304 g/mol. The molecular formula is C19H16N2O3. The highest BCUT2D eigenvalue weighted by molar-refractivity contribution is 5.72. The first-order valence-electron chi connectivity index (χ1n) is 7.33. The lowest BCUT2D eigenvalue weighted by molar-refractivity contribution is 0.403. The minimum atomic E-state index is -0.156. The third-order valence-corrected chi connectivity index (χ3v) is 3.41. The molecule has 0 saturated heterocycles. The number of nitrogens with zero attached hydrogens (tertiary/aromatic N) is 1. The van der Waals surface area contributed by atoms with E-state index in [0.29, 0.717) is 0 Å². The number of phenolic OH excluding ortho intramolecular Hbond substituents is 3. The van der Waals surface area contributed by atoms with Gasteiger partial charge in [-0.2, -0.15) is 5.10 Å². The summed E-state index contributed by atoms with van der Waals surface area (Å²) in [4.78, 5) is 0. The number of aromatic nitrogens is 2. The quantitative estimate of drug-likeness (QED) is 0.549. The van der Waals surface area contributed by atoms with Crippen molar-refractivity contribution < 1.29 is 15.3 Å². The van der Waals surface area contributed by atoms with Crippen molar-refractivity contribution in [3.63, 3.8) is 0 Å². The summed E-state index contributed by atoms with van der Waals surface area (Å²) in [5.74, 6) is -0.0633. The average molecular weight is 320 g/mol. The lowest BCUT2D eigenvalue weighted by Gasteiger charge is -1.97. The molecule has 0 bridgehead atoms. The van der Waals surface area contributed by atoms with Gasteiger partial charge in [-0.05, 0) is 53.6 Å². The van der Waals surface area contributed by atoms with Crippen LogP contribution in [-0.2, 0) is 0 Å². The van der Waals surface area contributed by atoms with Gasteiger partial charge in [0, 0.05) is 0 Å². The maximum atomic E-state index is 9.47. The Bertz CT molecular complexity index is 893. The van der Waals surface area contributed by atoms with Gasteiger partial charge in [0.15, 0.2) is 11.5 Å². The summed E-state index contributed by atoms with van der Waals surface area (Å²) < 4.78 is 0. The largest absolute Gasteiger partial charge is 0.508 e. The van der Waals surface area contributed by atoms with Crippen LogP contribution in [0.15, 0.2) is 48.5 Å². The molecule has 1 heterocycles. The van der Waals surface area contributed by atoms with E-state index >= 15 is 0 Å². The maximum Gasteiger partial charge on any atom is 0.157 e. The van der Waals surface area contributed by atoms with Crippen molar-refractivity contribution in [3.8, 4) is 17.2 Å². The summed E-state index contributed by atoms with van der Waals surface area (Å²) in [5.41, 5.74) is 3.32. The van der Waals surface area contributed by atoms with Crippen LogP contribution in [0.1, 0.15) is 22.5 Å². The predicted octanol–water partition coefficient (Wildman–Crippen LogP) is 3.87. The zero-order valence-corrected chi connectivity index (χ0v) is 12.7. The van der Waals surface area contributed by atoms with Gasteiger partial charge in [0.25, 0.3) is 0 Å². The van der Waals surface area contributed by atoms with Gasteiger partial charge in [-0.1, -0.05) is 30.4 Å². The van der Waals surface area contributed by atoms with Gasteiger partial charge in [-0.15, -0.1) is 0 Å². The molecule has 4 N–H and O–H groups in total. The lowest BCUT2D eigenvalue weighted by atomic mass is 10.1. The summed E-state index contributed by atoms with van der Waals surface area (Å²) in [5, 5.41) is 35.1. The number of H-pyrrole nitrogens is 1. The van der Waals surface area contributed by atoms with Gasteiger partial charge >= 0.3 is 0 Å². The van der Waals surface area contributed by atoms with Crippen molar-refractivity contribution in [1.82, 2.24) is 10.2 Å². The maximum absolute atomic E-state index is 9.47. The van der Waals surface area contributed by atoms with E-state index in [0.717, 1.165) is 22.5 Å². The summed E-state index contributed by atoms with van der Waals surface area (Å²) >= 11 is 0. The Balaban J connectivity index is 1.69. The van der Waals surface area contributed by atoms with Crippen LogP contribution in [0.3, 0.4) is 0 Å². The first-order valence-corrected chi connectivity index (χ1v) is 7.33. The van der Waals surface area contributed by atoms with E-state index in [1.54, 1.807) is 30.4 Å². The lowest BCUT2D eigenvalue weighted by Crippen LogP contribution is -1.74. The molecule has 3 rings (SSSR count). The van der Waals surface area contributed by atoms with Crippen LogP contribution in [0.5, 0.6) is 17.2 Å². The number of rotatable bonds is 4. The second-order valence-electron chi connectivity index (χ2n) is 5.25. The molecule has 0 aliphatic carbocycles. The van der Waals surface area contributed by atoms with E-state index in [1.807, 2.05) is 30.4 Å². The Hall–Kier alpha value is -3.47. The molecule has 1 aromatic heterocycles. The molecule has 0 saturated carbocycles. The fraction of sp³-hybridized carbons (Fsp3) is 0. The van der Waals surface area contributed by atoms with Crippen molar-refractivity contribution in [3.05, 3.63) is 71.0 Å². The molecule has 3 aromatic rings. The Morgan fingerprint density at radius 2 is 1.42 bits per heavy atom. The molecule has 5 heteroatoms. The van der Waals surface area contributed by atoms with Crippen molar-refractivity contribution in [2.45, 2.75) is 0 Å². The first-order chi connectivity index (χ1) is 11.6. The molecule has 0 spiro atoms. The number of hydrogen-bond donors (Lipinski definition) is 4. The van der Waals surface area contributed by atoms with Crippen LogP contribution in [-0.4, -0.2) is 25.5 Å². The van der Waals surface area contributed by atoms with E-state index in [9.17, 15) is 15.3 Å². The molecule has 0 fully saturated rings. The highest BCUT2D eigenvalue weighted by Crippen LogP contribution is 2.25. The molecule has 0 radical (unpaired) electrons. The Morgan fingerprint density at radius 3 is 2.17 bits per heavy atom. The summed E-state index contributed by atoms with van der Waals surface area (Å²) in [6.07, 6.45) is 7.41. The number of hydrogen-bond acceptors (Lipinski definition) is 4. The van der Waals surface area contributed by atoms with Crippen molar-refractivity contribution in [2.24, 2.45) is 0 Å². The second kappa shape index (κ2) is 6.75. The zero-order chi connectivity index (χ0) is 16.9. The normalized spacial score (nSPS) is 11.5. The number of phenols is 3. The third kappa shape index (κ3) is 3.84. The van der Waals surface area contributed by atoms with Gasteiger partial charge < -0.3 is 15.3 Å². The minimum Gasteiger partial charge on any atom is -0.508 e. The molecule has 24 heavy (non-hydrogen) atoms. The van der Waals surface area contributed by atoms with E-state index in [-0.39, 0.29) is 17.2 Å². The number of aromatic amines is 1. The van der Waals surface area contributed by atoms with Crippen LogP contribution in [0, 0.1) is 0 Å². The zero-order valence-electron chi connectivity index (χ0n) is 12.7. The Morgan fingerprint density at radius 1 is 0.708 bits per heavy atom. The van der Waals surface area contributed by atoms with Gasteiger partial charge in [-0.3, -0.25) is 5.10 Å². The highest BCUT2D eigenvalue weighted by Gasteiger charge is 1.99. The molecule has 0 aliphatic heterocycles. The van der Waals surface area contributed by atoms with Crippen LogP contribution in [0.4, 0.5) is 0 Å². The van der Waals surface area contributed by atoms with Crippen LogP contribution >= 0.6 is 0 Å². The standard InChI is InChI=1S/C19H16N2O3/c22-17-8-3-13(4-9-17)1-6-15-12-16(21-20-15)7-2-14-5-10-18(23)19(24)11-14/h1-12,22-24H,(H,20,21)/b6-1+,7-2+. The van der Waals surface area contributed by atoms with Gasteiger partial charge in [0.2, 0.25) is 0 Å². The smallest absolute Gasteiger partial charge is 0.157 e. The fourth-order valence-corrected chi connectivity index (χ4v) is 2.12. The summed E-state index contributed by atoms with van der Waals surface area (Å²) in [6, 6.07) is 13.4. The van der Waals surface area contributed by atoms with Gasteiger partial charge in [0.05, 0.1) is 11.4 Å². The van der Waals surface area contributed by atoms with Gasteiger partial charge in [0.1, 0.15) is 5.75 Å². The van der Waals surface area contributed by atoms with E-state index in [1.165, 1.54) is 12.1 Å². The number of nitrogens with one attached hydrogen (secondary N) is 1. The van der Waals surface area contributed by atoms with Crippen LogP contribution in [0.2, 0.25) is 0 Å². The Labute approximate surface area is 138 Å². The molecule has 0 aliphatic rings. The monoisotopic (exact) mass is 320 g/mol. The summed E-state index contributed by atoms with van der Waals surface area (Å²) in [7, 11) is 0. The third-order valence-electron chi connectivity index (χ3n) is 3.41. The van der Waals surface area contributed by atoms with Crippen molar-refractivity contribution in [1.29, 1.82) is 0 Å². The number of aromatic hydroxyl groups is 3. The molecule has 0 unspecified atom stereocenters. The Kier molecular flexibility index (Phi) is 4.34. The molecule has 5 nitrogen and oxygen atoms in total. The molecule has 2 aromatic carbocycles. The van der Waals surface area contributed by atoms with E-state index in [4.69, 9.17) is 0 Å². The van der Waals surface area contributed by atoms with Crippen molar-refractivity contribution >= 4 is 24.3 Å². The molecule has 120 valence electrons. The average Bonchev–Trinajstić information content (AvgIpc) is 3.03. The first kappa shape index (κ1) is 15.4. The number of benzene rings is 2. The predicted molar refractivity (Wildman–Crippen MR) is 94.3 cm³/mol. The van der Waals surface area contributed by atoms with Crippen LogP contribution < -0.4 is 0 Å². The topological polar surface area (TPSA) is 89.4 Å². The summed E-state index contributed by atoms with van der Waals surface area (Å²) in [6.45, 7) is 0. The molecule has 0 amide bonds. The second-order valence-corrected chi connectivity index (χ2v) is 5.25. The minimum absolute atomic E-state index is 0.145. The van der Waals surface area contributed by atoms with E-state index in [2.05, 4.69) is 10.2 Å². The van der Waals surface area contributed by atoms with E-state index < -0.39 is 0 Å². The van der Waals surface area contributed by atoms with Crippen molar-refractivity contribution in [2.75, 3.05) is 0 Å². The highest BCUT2D eigenvalue weighted by atomic mass is 16.3. The fourth-order valence-electron chi connectivity index (χ4n) is 2.12. The van der Waals surface area contributed by atoms with Crippen LogP contribution in [0.25, 0.3) is 24.3 Å². The molecule has 0 atom stereocenters. The SMILES string of the molecule is Oc1ccc(/C=C/c2cc(/C=C/c3ccc(O)c(O)c3)n[nH]2)cc1.